The first-order valence-corrected chi connectivity index (χ1v) is 9.39. The second-order valence-electron chi connectivity index (χ2n) is 7.56. The second-order valence-corrected chi connectivity index (χ2v) is 7.56. The number of amides is 2. The minimum Gasteiger partial charge on any atom is -0.481 e. The molecule has 1 saturated heterocycles. The average Bonchev–Trinajstić information content (AvgIpc) is 3.36. The average molecular weight is 368 g/mol. The smallest absolute Gasteiger partial charge is 0.317 e. The number of nitrogens with zero attached hydrogens (tertiary/aromatic N) is 3. The summed E-state index contributed by atoms with van der Waals surface area (Å²) in [5.74, 6) is -0.683. The van der Waals surface area contributed by atoms with Crippen molar-refractivity contribution in [3.05, 3.63) is 53.9 Å². The van der Waals surface area contributed by atoms with Crippen molar-refractivity contribution < 1.29 is 14.7 Å². The van der Waals surface area contributed by atoms with Crippen LogP contribution in [0.2, 0.25) is 0 Å². The fraction of sp³-hybridized carbons (Fsp3) is 0.450. The third kappa shape index (κ3) is 3.29. The van der Waals surface area contributed by atoms with Crippen molar-refractivity contribution in [2.45, 2.75) is 32.4 Å². The van der Waals surface area contributed by atoms with Crippen LogP contribution >= 0.6 is 0 Å². The lowest BCUT2D eigenvalue weighted by atomic mass is 9.81. The Hall–Kier alpha value is -2.83. The van der Waals surface area contributed by atoms with Crippen molar-refractivity contribution in [3.8, 4) is 0 Å². The summed E-state index contributed by atoms with van der Waals surface area (Å²) in [5, 5.41) is 16.9. The summed E-state index contributed by atoms with van der Waals surface area (Å²) in [7, 11) is 0. The molecule has 7 nitrogen and oxygen atoms in total. The Bertz CT molecular complexity index is 836. The van der Waals surface area contributed by atoms with Gasteiger partial charge in [0.1, 0.15) is 0 Å². The van der Waals surface area contributed by atoms with Crippen molar-refractivity contribution in [2.24, 2.45) is 11.3 Å². The van der Waals surface area contributed by atoms with E-state index in [2.05, 4.69) is 10.4 Å². The van der Waals surface area contributed by atoms with Gasteiger partial charge in [-0.1, -0.05) is 30.7 Å². The minimum atomic E-state index is -0.759. The van der Waals surface area contributed by atoms with Gasteiger partial charge in [-0.2, -0.15) is 5.10 Å². The summed E-state index contributed by atoms with van der Waals surface area (Å²) in [4.78, 5) is 26.1. The zero-order valence-corrected chi connectivity index (χ0v) is 15.2. The molecule has 2 aromatic rings. The Labute approximate surface area is 158 Å². The number of benzene rings is 1. The first-order valence-electron chi connectivity index (χ1n) is 9.39. The molecule has 2 atom stereocenters. The maximum Gasteiger partial charge on any atom is 0.317 e. The lowest BCUT2D eigenvalue weighted by molar-refractivity contribution is -0.149. The number of carbonyl (C=O) groups excluding carboxylic acids is 1. The standard InChI is InChI=1S/C20H24N4O3/c25-18(26)20-8-3-7-17(20)13-23(14-20)19(27)21-11-15-5-1-2-6-16(15)12-24-10-4-9-22-24/h1-2,4-6,9-10,17H,3,7-8,11-14H2,(H,21,27)(H,25,26)/t17-,20+/m0/s1. The van der Waals surface area contributed by atoms with Gasteiger partial charge in [0.05, 0.1) is 12.0 Å². The maximum absolute atomic E-state index is 12.6. The molecule has 2 fully saturated rings. The minimum absolute atomic E-state index is 0.0767. The molecule has 0 spiro atoms. The molecule has 2 heterocycles. The number of urea groups is 1. The molecule has 1 aliphatic heterocycles. The van der Waals surface area contributed by atoms with E-state index in [9.17, 15) is 14.7 Å². The summed E-state index contributed by atoms with van der Waals surface area (Å²) in [6.07, 6.45) is 6.15. The first-order chi connectivity index (χ1) is 13.1. The van der Waals surface area contributed by atoms with Crippen LogP contribution in [0.1, 0.15) is 30.4 Å². The van der Waals surface area contributed by atoms with E-state index in [-0.39, 0.29) is 11.9 Å². The molecular weight excluding hydrogens is 344 g/mol. The summed E-state index contributed by atoms with van der Waals surface area (Å²) in [5.41, 5.74) is 1.39. The van der Waals surface area contributed by atoms with E-state index >= 15 is 0 Å². The quantitative estimate of drug-likeness (QED) is 0.848. The molecular formula is C20H24N4O3. The zero-order chi connectivity index (χ0) is 18.9. The molecule has 27 heavy (non-hydrogen) atoms. The van der Waals surface area contributed by atoms with E-state index in [1.165, 1.54) is 0 Å². The lowest BCUT2D eigenvalue weighted by Gasteiger charge is -2.23. The van der Waals surface area contributed by atoms with Gasteiger partial charge in [0.25, 0.3) is 0 Å². The number of aromatic nitrogens is 2. The predicted molar refractivity (Wildman–Crippen MR) is 99.0 cm³/mol. The third-order valence-corrected chi connectivity index (χ3v) is 6.02. The molecule has 1 aromatic heterocycles. The Morgan fingerprint density at radius 1 is 1.26 bits per heavy atom. The number of hydrogen-bond acceptors (Lipinski definition) is 3. The molecule has 0 bridgehead atoms. The van der Waals surface area contributed by atoms with Crippen LogP contribution in [0.5, 0.6) is 0 Å². The highest BCUT2D eigenvalue weighted by atomic mass is 16.4. The largest absolute Gasteiger partial charge is 0.481 e. The van der Waals surface area contributed by atoms with Crippen LogP contribution in [0.15, 0.2) is 42.7 Å². The third-order valence-electron chi connectivity index (χ3n) is 6.02. The van der Waals surface area contributed by atoms with Crippen LogP contribution in [0.25, 0.3) is 0 Å². The Morgan fingerprint density at radius 3 is 2.78 bits per heavy atom. The number of likely N-dealkylation sites (tertiary alicyclic amines) is 1. The van der Waals surface area contributed by atoms with Crippen molar-refractivity contribution in [2.75, 3.05) is 13.1 Å². The molecule has 2 amide bonds. The Kier molecular flexibility index (Phi) is 4.59. The number of carboxylic acids is 1. The number of rotatable bonds is 5. The topological polar surface area (TPSA) is 87.5 Å². The molecule has 2 N–H and O–H groups in total. The van der Waals surface area contributed by atoms with Gasteiger partial charge in [-0.15, -0.1) is 0 Å². The molecule has 7 heteroatoms. The van der Waals surface area contributed by atoms with E-state index in [0.717, 1.165) is 24.0 Å². The Balaban J connectivity index is 1.40. The van der Waals surface area contributed by atoms with Gasteiger partial charge in [-0.25, -0.2) is 4.79 Å². The number of carboxylic acid groups (broad SMARTS) is 1. The predicted octanol–water partition coefficient (Wildman–Crippen LogP) is 2.33. The number of nitrogens with one attached hydrogen (secondary N) is 1. The highest BCUT2D eigenvalue weighted by Crippen LogP contribution is 2.48. The van der Waals surface area contributed by atoms with Gasteiger partial charge in [-0.3, -0.25) is 9.48 Å². The lowest BCUT2D eigenvalue weighted by Crippen LogP contribution is -2.41. The summed E-state index contributed by atoms with van der Waals surface area (Å²) < 4.78 is 1.85. The highest BCUT2D eigenvalue weighted by molar-refractivity contribution is 5.80. The van der Waals surface area contributed by atoms with Gasteiger partial charge >= 0.3 is 12.0 Å². The molecule has 2 aliphatic rings. The number of carbonyl (C=O) groups is 2. The first kappa shape index (κ1) is 17.6. The van der Waals surface area contributed by atoms with E-state index in [4.69, 9.17) is 0 Å². The van der Waals surface area contributed by atoms with Crippen molar-refractivity contribution in [1.82, 2.24) is 20.0 Å². The van der Waals surface area contributed by atoms with Crippen LogP contribution in [0, 0.1) is 11.3 Å². The van der Waals surface area contributed by atoms with Crippen LogP contribution in [-0.2, 0) is 17.9 Å². The highest BCUT2D eigenvalue weighted by Gasteiger charge is 2.55. The van der Waals surface area contributed by atoms with E-state index in [0.29, 0.717) is 32.6 Å². The van der Waals surface area contributed by atoms with Gasteiger partial charge in [0, 0.05) is 32.0 Å². The monoisotopic (exact) mass is 368 g/mol. The molecule has 0 unspecified atom stereocenters. The molecule has 4 rings (SSSR count). The number of aliphatic carboxylic acids is 1. The fourth-order valence-corrected chi connectivity index (χ4v) is 4.53. The van der Waals surface area contributed by atoms with E-state index < -0.39 is 11.4 Å². The molecule has 142 valence electrons. The number of hydrogen-bond donors (Lipinski definition) is 2. The summed E-state index contributed by atoms with van der Waals surface area (Å²) in [6.45, 7) is 1.91. The van der Waals surface area contributed by atoms with E-state index in [1.54, 1.807) is 11.1 Å². The SMILES string of the molecule is O=C(NCc1ccccc1Cn1cccn1)N1C[C@@H]2CCC[C@@]2(C(=O)O)C1. The van der Waals surface area contributed by atoms with Crippen LogP contribution in [0.4, 0.5) is 4.79 Å². The van der Waals surface area contributed by atoms with Gasteiger partial charge in [0.15, 0.2) is 0 Å². The summed E-state index contributed by atoms with van der Waals surface area (Å²) >= 11 is 0. The van der Waals surface area contributed by atoms with E-state index in [1.807, 2.05) is 41.2 Å². The second kappa shape index (κ2) is 7.06. The number of fused-ring (bicyclic) bond motifs is 1. The maximum atomic E-state index is 12.6. The molecule has 0 radical (unpaired) electrons. The van der Waals surface area contributed by atoms with Crippen molar-refractivity contribution >= 4 is 12.0 Å². The van der Waals surface area contributed by atoms with Crippen LogP contribution < -0.4 is 5.32 Å². The van der Waals surface area contributed by atoms with Crippen molar-refractivity contribution in [1.29, 1.82) is 0 Å². The van der Waals surface area contributed by atoms with Crippen LogP contribution in [-0.4, -0.2) is 44.9 Å². The normalized spacial score (nSPS) is 24.0. The molecule has 1 aliphatic carbocycles. The molecule has 1 saturated carbocycles. The van der Waals surface area contributed by atoms with Crippen molar-refractivity contribution in [3.63, 3.8) is 0 Å². The zero-order valence-electron chi connectivity index (χ0n) is 15.2. The van der Waals surface area contributed by atoms with Gasteiger partial charge in [-0.05, 0) is 36.0 Å². The fourth-order valence-electron chi connectivity index (χ4n) is 4.53. The summed E-state index contributed by atoms with van der Waals surface area (Å²) in [6, 6.07) is 9.65. The van der Waals surface area contributed by atoms with Crippen LogP contribution in [0.3, 0.4) is 0 Å². The van der Waals surface area contributed by atoms with Gasteiger partial charge < -0.3 is 15.3 Å². The Morgan fingerprint density at radius 2 is 2.07 bits per heavy atom. The van der Waals surface area contributed by atoms with Gasteiger partial charge in [0.2, 0.25) is 0 Å². The molecule has 1 aromatic carbocycles.